The van der Waals surface area contributed by atoms with Gasteiger partial charge in [-0.1, -0.05) is 72.8 Å². The topological polar surface area (TPSA) is 33.6 Å². The monoisotopic (exact) mass is 1070 g/mol. The van der Waals surface area contributed by atoms with E-state index < -0.39 is 104 Å². The molecule has 21 heteroatoms. The third-order valence-electron chi connectivity index (χ3n) is 12.9. The summed E-state index contributed by atoms with van der Waals surface area (Å²) in [6.45, 7) is 0. The lowest BCUT2D eigenvalue weighted by Crippen LogP contribution is -2.16. The first-order chi connectivity index (χ1) is 35.5. The van der Waals surface area contributed by atoms with Gasteiger partial charge in [-0.2, -0.15) is 84.3 Å². The lowest BCUT2D eigenvalue weighted by Gasteiger charge is -2.24. The van der Waals surface area contributed by atoms with E-state index in [0.29, 0.717) is 42.5 Å². The Morgan fingerprint density at radius 1 is 0.329 bits per heavy atom. The third-order valence-corrected chi connectivity index (χ3v) is 12.9. The van der Waals surface area contributed by atoms with Crippen LogP contribution in [0.3, 0.4) is 0 Å². The van der Waals surface area contributed by atoms with Crippen molar-refractivity contribution in [2.45, 2.75) is 37.1 Å². The van der Waals surface area contributed by atoms with E-state index in [1.807, 2.05) is 6.07 Å². The summed E-state index contributed by atoms with van der Waals surface area (Å²) in [4.78, 5) is 0. The van der Waals surface area contributed by atoms with E-state index in [4.69, 9.17) is 0 Å². The van der Waals surface area contributed by atoms with Crippen LogP contribution in [0.25, 0.3) is 88.4 Å². The minimum absolute atomic E-state index is 0.0209. The van der Waals surface area contributed by atoms with Crippen molar-refractivity contribution in [3.63, 3.8) is 0 Å². The second-order valence-electron chi connectivity index (χ2n) is 17.4. The smallest absolute Gasteiger partial charge is 0.308 e. The van der Waals surface area contributed by atoms with Gasteiger partial charge < -0.3 is 9.13 Å². The number of hydrogen-bond donors (Lipinski definition) is 0. The third kappa shape index (κ3) is 8.58. The summed E-state index contributed by atoms with van der Waals surface area (Å²) in [6, 6.07) is 25.7. The molecule has 0 saturated heterocycles. The van der Waals surface area contributed by atoms with Gasteiger partial charge in [-0.05, 0) is 101 Å². The fourth-order valence-corrected chi connectivity index (χ4v) is 9.82. The lowest BCUT2D eigenvalue weighted by molar-refractivity contribution is -0.144. The van der Waals surface area contributed by atoms with E-state index >= 15 is 26.3 Å². The van der Waals surface area contributed by atoms with Crippen LogP contribution in [0.4, 0.5) is 79.0 Å². The molecule has 0 atom stereocenters. The van der Waals surface area contributed by atoms with E-state index in [1.54, 1.807) is 0 Å². The summed E-state index contributed by atoms with van der Waals surface area (Å²) in [5.41, 5.74) is -15.7. The van der Waals surface area contributed by atoms with Gasteiger partial charge in [0.25, 0.3) is 0 Å². The number of halogens is 18. The Hall–Kier alpha value is -8.41. The molecule has 76 heavy (non-hydrogen) atoms. The molecule has 0 aliphatic heterocycles. The molecule has 0 spiro atoms. The molecule has 0 radical (unpaired) electrons. The van der Waals surface area contributed by atoms with Gasteiger partial charge in [0.05, 0.1) is 66.8 Å². The van der Waals surface area contributed by atoms with Crippen LogP contribution in [0.15, 0.2) is 152 Å². The summed E-state index contributed by atoms with van der Waals surface area (Å²) in [6.07, 6.45) is -32.0. The number of benzene rings is 8. The highest BCUT2D eigenvalue weighted by molar-refractivity contribution is 6.13. The van der Waals surface area contributed by atoms with E-state index in [9.17, 15) is 57.9 Å². The van der Waals surface area contributed by atoms with Crippen molar-refractivity contribution >= 4 is 43.6 Å². The Bertz CT molecular complexity index is 4010. The van der Waals surface area contributed by atoms with E-state index in [0.717, 1.165) is 41.0 Å². The van der Waals surface area contributed by atoms with Crippen molar-refractivity contribution in [3.05, 3.63) is 191 Å². The molecule has 3 nitrogen and oxygen atoms in total. The zero-order chi connectivity index (χ0) is 54.8. The average molecular weight is 1070 g/mol. The van der Waals surface area contributed by atoms with Crippen LogP contribution in [-0.4, -0.2) is 9.13 Å². The number of rotatable bonds is 5. The van der Waals surface area contributed by atoms with Crippen molar-refractivity contribution in [3.8, 4) is 50.8 Å². The van der Waals surface area contributed by atoms with Gasteiger partial charge in [-0.3, -0.25) is 0 Å². The number of para-hydroxylation sites is 2. The number of nitrogens with zero attached hydrogens (tertiary/aromatic N) is 3. The second kappa shape index (κ2) is 17.3. The first-order valence-electron chi connectivity index (χ1n) is 22.0. The summed E-state index contributed by atoms with van der Waals surface area (Å²) in [5.74, 6) is 0. The molecule has 0 saturated carbocycles. The number of aromatic nitrogens is 2. The molecule has 10 aromatic rings. The number of fused-ring (bicyclic) bond motifs is 6. The molecule has 8 aromatic carbocycles. The lowest BCUT2D eigenvalue weighted by atomic mass is 9.90. The van der Waals surface area contributed by atoms with Gasteiger partial charge >= 0.3 is 37.1 Å². The highest BCUT2D eigenvalue weighted by Crippen LogP contribution is 2.51. The Morgan fingerprint density at radius 2 is 0.724 bits per heavy atom. The Kier molecular flexibility index (Phi) is 11.6. The van der Waals surface area contributed by atoms with Crippen molar-refractivity contribution in [1.82, 2.24) is 9.13 Å². The van der Waals surface area contributed by atoms with Crippen LogP contribution in [-0.2, 0) is 37.1 Å². The zero-order valence-electron chi connectivity index (χ0n) is 37.6. The van der Waals surface area contributed by atoms with E-state index in [-0.39, 0.29) is 72.6 Å². The molecule has 0 aliphatic rings. The molecule has 0 bridgehead atoms. The van der Waals surface area contributed by atoms with E-state index in [2.05, 4.69) is 0 Å². The second-order valence-corrected chi connectivity index (χ2v) is 17.4. The molecular formula is C55H25F18N3. The average Bonchev–Trinajstić information content (AvgIpc) is 3.87. The molecule has 0 unspecified atom stereocenters. The maximum Gasteiger partial charge on any atom is 0.417 e. The molecule has 0 N–H and O–H groups in total. The summed E-state index contributed by atoms with van der Waals surface area (Å²) >= 11 is 0. The minimum atomic E-state index is -5.49. The highest BCUT2D eigenvalue weighted by Gasteiger charge is 2.44. The van der Waals surface area contributed by atoms with Crippen LogP contribution in [0.5, 0.6) is 0 Å². The maximum atomic E-state index is 15.1. The van der Waals surface area contributed by atoms with Crippen LogP contribution >= 0.6 is 0 Å². The van der Waals surface area contributed by atoms with Gasteiger partial charge in [0.2, 0.25) is 0 Å². The predicted octanol–water partition coefficient (Wildman–Crippen LogP) is 18.9. The summed E-state index contributed by atoms with van der Waals surface area (Å²) in [7, 11) is 0. The Morgan fingerprint density at radius 3 is 1.14 bits per heavy atom. The van der Waals surface area contributed by atoms with E-state index in [1.165, 1.54) is 65.2 Å². The zero-order valence-corrected chi connectivity index (χ0v) is 37.6. The van der Waals surface area contributed by atoms with Gasteiger partial charge in [-0.15, -0.1) is 0 Å². The first-order valence-corrected chi connectivity index (χ1v) is 22.0. The molecule has 10 rings (SSSR count). The number of nitriles is 1. The molecule has 2 heterocycles. The van der Waals surface area contributed by atoms with Gasteiger partial charge in [-0.25, -0.2) is 0 Å². The quantitative estimate of drug-likeness (QED) is 0.158. The Balaban J connectivity index is 1.31. The Labute approximate surface area is 414 Å². The standard InChI is InChI=1S/C55H25F18N3/c56-50(57,58)29-14-16-31(41(24-29)54(68,69)70)27-12-19-45-36(22-27)33-6-1-3-10-43(33)75(45)47-21-18-35(48-39(52(62,63)64)8-5-9-40(48)53(65,66)67)49(38(47)26-74)76-44-11-4-2-7-34(44)37-23-28(13-20-46(37)76)32-17-15-30(51(59,60)61)25-42(32)55(71,72)73/h1-25H. The van der Waals surface area contributed by atoms with Gasteiger partial charge in [0.1, 0.15) is 11.6 Å². The molecule has 386 valence electrons. The molecule has 2 aromatic heterocycles. The van der Waals surface area contributed by atoms with Gasteiger partial charge in [0.15, 0.2) is 0 Å². The fourth-order valence-electron chi connectivity index (χ4n) is 9.82. The van der Waals surface area contributed by atoms with Gasteiger partial charge in [0, 0.05) is 32.7 Å². The predicted molar refractivity (Wildman–Crippen MR) is 246 cm³/mol. The molecule has 0 aliphatic carbocycles. The largest absolute Gasteiger partial charge is 0.417 e. The van der Waals surface area contributed by atoms with Crippen molar-refractivity contribution < 1.29 is 79.0 Å². The van der Waals surface area contributed by atoms with Crippen LogP contribution in [0, 0.1) is 11.3 Å². The summed E-state index contributed by atoms with van der Waals surface area (Å²) in [5, 5.41) is 11.8. The molecule has 0 amide bonds. The van der Waals surface area contributed by atoms with Crippen LogP contribution < -0.4 is 0 Å². The molecular weight excluding hydrogens is 1040 g/mol. The first kappa shape index (κ1) is 51.1. The number of hydrogen-bond acceptors (Lipinski definition) is 1. The van der Waals surface area contributed by atoms with Crippen molar-refractivity contribution in [2.24, 2.45) is 0 Å². The molecule has 0 fully saturated rings. The SMILES string of the molecule is N#Cc1c(-n2c3ccccc3c3cc(-c4ccc(C(F)(F)F)cc4C(F)(F)F)ccc32)ccc(-c2c(C(F)(F)F)cccc2C(F)(F)F)c1-n1c2ccccc2c2cc(-c3ccc(C(F)(F)F)cc3C(F)(F)F)ccc21. The maximum absolute atomic E-state index is 15.1. The highest BCUT2D eigenvalue weighted by atomic mass is 19.4. The van der Waals surface area contributed by atoms with Crippen LogP contribution in [0.2, 0.25) is 0 Å². The van der Waals surface area contributed by atoms with Crippen molar-refractivity contribution in [1.29, 1.82) is 5.26 Å². The number of alkyl halides is 18. The van der Waals surface area contributed by atoms with Crippen LogP contribution in [0.1, 0.15) is 38.9 Å². The summed E-state index contributed by atoms with van der Waals surface area (Å²) < 4.78 is 262. The normalized spacial score (nSPS) is 13.1. The van der Waals surface area contributed by atoms with Crippen molar-refractivity contribution in [2.75, 3.05) is 0 Å². The fraction of sp³-hybridized carbons (Fsp3) is 0.109. The minimum Gasteiger partial charge on any atom is -0.308 e.